The monoisotopic (exact) mass is 338 g/mol. The van der Waals surface area contributed by atoms with Crippen LogP contribution in [0.15, 0.2) is 48.5 Å². The van der Waals surface area contributed by atoms with Crippen LogP contribution in [-0.2, 0) is 17.9 Å². The summed E-state index contributed by atoms with van der Waals surface area (Å²) in [5, 5.41) is 6.01. The fourth-order valence-electron chi connectivity index (χ4n) is 2.82. The van der Waals surface area contributed by atoms with E-state index in [0.29, 0.717) is 12.3 Å². The van der Waals surface area contributed by atoms with Crippen molar-refractivity contribution in [2.75, 3.05) is 19.0 Å². The summed E-state index contributed by atoms with van der Waals surface area (Å²) in [5.74, 6) is 1.47. The number of ether oxygens (including phenoxy) is 1. The van der Waals surface area contributed by atoms with Gasteiger partial charge < -0.3 is 19.9 Å². The molecule has 25 heavy (non-hydrogen) atoms. The summed E-state index contributed by atoms with van der Waals surface area (Å²) in [6.07, 6.45) is 0. The van der Waals surface area contributed by atoms with Crippen LogP contribution in [0.25, 0.3) is 11.0 Å². The second-order valence-electron chi connectivity index (χ2n) is 5.59. The molecular weight excluding hydrogens is 316 g/mol. The van der Waals surface area contributed by atoms with Crippen molar-refractivity contribution in [1.29, 1.82) is 0 Å². The maximum absolute atomic E-state index is 12.2. The molecule has 3 rings (SSSR count). The van der Waals surface area contributed by atoms with Gasteiger partial charge in [-0.1, -0.05) is 24.3 Å². The van der Waals surface area contributed by atoms with E-state index < -0.39 is 0 Å². The van der Waals surface area contributed by atoms with Crippen LogP contribution in [0.1, 0.15) is 12.7 Å². The number of carbonyl (C=O) groups excluding carboxylic acids is 1. The molecule has 0 aliphatic rings. The molecule has 1 amide bonds. The minimum atomic E-state index is -0.0967. The maximum atomic E-state index is 12.2. The quantitative estimate of drug-likeness (QED) is 0.695. The van der Waals surface area contributed by atoms with Crippen LogP contribution in [0.5, 0.6) is 5.75 Å². The van der Waals surface area contributed by atoms with Crippen LogP contribution in [-0.4, -0.2) is 29.1 Å². The predicted octanol–water partition coefficient (Wildman–Crippen LogP) is 2.79. The van der Waals surface area contributed by atoms with Crippen molar-refractivity contribution < 1.29 is 9.53 Å². The van der Waals surface area contributed by atoms with Gasteiger partial charge in [-0.25, -0.2) is 4.98 Å². The molecule has 0 atom stereocenters. The normalized spacial score (nSPS) is 10.6. The average molecular weight is 338 g/mol. The summed E-state index contributed by atoms with van der Waals surface area (Å²) < 4.78 is 7.38. The Morgan fingerprint density at radius 1 is 1.16 bits per heavy atom. The molecular formula is C19H22N4O2. The molecule has 1 heterocycles. The van der Waals surface area contributed by atoms with E-state index >= 15 is 0 Å². The first-order valence-corrected chi connectivity index (χ1v) is 8.30. The second kappa shape index (κ2) is 7.70. The molecule has 0 fully saturated rings. The van der Waals surface area contributed by atoms with Crippen LogP contribution in [0, 0.1) is 0 Å². The van der Waals surface area contributed by atoms with Gasteiger partial charge in [0.2, 0.25) is 5.91 Å². The number of benzene rings is 2. The van der Waals surface area contributed by atoms with Gasteiger partial charge in [-0.2, -0.15) is 0 Å². The van der Waals surface area contributed by atoms with Crippen molar-refractivity contribution in [3.8, 4) is 5.75 Å². The summed E-state index contributed by atoms with van der Waals surface area (Å²) in [7, 11) is 1.61. The van der Waals surface area contributed by atoms with Crippen LogP contribution in [0.4, 0.5) is 5.69 Å². The number of amides is 1. The number of hydrogen-bond acceptors (Lipinski definition) is 4. The van der Waals surface area contributed by atoms with Gasteiger partial charge in [0.15, 0.2) is 0 Å². The van der Waals surface area contributed by atoms with E-state index in [1.807, 2.05) is 48.5 Å². The molecule has 6 nitrogen and oxygen atoms in total. The van der Waals surface area contributed by atoms with Crippen LogP contribution in [0.2, 0.25) is 0 Å². The van der Waals surface area contributed by atoms with Gasteiger partial charge in [0, 0.05) is 6.54 Å². The van der Waals surface area contributed by atoms with E-state index in [4.69, 9.17) is 4.74 Å². The lowest BCUT2D eigenvalue weighted by molar-refractivity contribution is -0.119. The first-order chi connectivity index (χ1) is 12.2. The number of carbonyl (C=O) groups is 1. The highest BCUT2D eigenvalue weighted by Crippen LogP contribution is 2.22. The van der Waals surface area contributed by atoms with Crippen molar-refractivity contribution in [2.45, 2.75) is 20.0 Å². The van der Waals surface area contributed by atoms with Crippen molar-refractivity contribution in [2.24, 2.45) is 0 Å². The summed E-state index contributed by atoms with van der Waals surface area (Å²) >= 11 is 0. The van der Waals surface area contributed by atoms with Gasteiger partial charge in [0.05, 0.1) is 36.9 Å². The van der Waals surface area contributed by atoms with Gasteiger partial charge in [0.1, 0.15) is 11.6 Å². The number of hydrogen-bond donors (Lipinski definition) is 2. The minimum Gasteiger partial charge on any atom is -0.495 e. The van der Waals surface area contributed by atoms with Gasteiger partial charge in [0.25, 0.3) is 0 Å². The number of methoxy groups -OCH3 is 1. The lowest BCUT2D eigenvalue weighted by Gasteiger charge is -2.11. The smallest absolute Gasteiger partial charge is 0.239 e. The fraction of sp³-hybridized carbons (Fsp3) is 0.263. The third-order valence-electron chi connectivity index (χ3n) is 4.04. The number of aromatic nitrogens is 2. The largest absolute Gasteiger partial charge is 0.495 e. The second-order valence-corrected chi connectivity index (χ2v) is 5.59. The number of fused-ring (bicyclic) bond motifs is 1. The van der Waals surface area contributed by atoms with E-state index in [1.54, 1.807) is 7.11 Å². The molecule has 0 saturated carbocycles. The molecule has 130 valence electrons. The number of anilines is 1. The average Bonchev–Trinajstić information content (AvgIpc) is 3.02. The molecule has 2 aromatic carbocycles. The van der Waals surface area contributed by atoms with Crippen LogP contribution in [0.3, 0.4) is 0 Å². The molecule has 0 aliphatic heterocycles. The van der Waals surface area contributed by atoms with Crippen LogP contribution < -0.4 is 15.4 Å². The lowest BCUT2D eigenvalue weighted by Crippen LogP contribution is -2.30. The molecule has 1 aromatic heterocycles. The Hall–Kier alpha value is -3.02. The number of rotatable bonds is 7. The topological polar surface area (TPSA) is 68.2 Å². The van der Waals surface area contributed by atoms with E-state index in [-0.39, 0.29) is 12.5 Å². The molecule has 0 spiro atoms. The summed E-state index contributed by atoms with van der Waals surface area (Å²) in [4.78, 5) is 16.8. The summed E-state index contributed by atoms with van der Waals surface area (Å²) in [6, 6.07) is 15.5. The van der Waals surface area contributed by atoms with Crippen molar-refractivity contribution >= 4 is 22.6 Å². The molecule has 0 radical (unpaired) electrons. The molecule has 0 bridgehead atoms. The Balaban J connectivity index is 1.61. The van der Waals surface area contributed by atoms with E-state index in [2.05, 4.69) is 27.1 Å². The Kier molecular flexibility index (Phi) is 5.18. The molecule has 3 aromatic rings. The fourth-order valence-corrected chi connectivity index (χ4v) is 2.82. The van der Waals surface area contributed by atoms with Crippen molar-refractivity contribution in [1.82, 2.24) is 14.9 Å². The van der Waals surface area contributed by atoms with Gasteiger partial charge in [-0.05, 0) is 31.2 Å². The lowest BCUT2D eigenvalue weighted by atomic mass is 10.3. The summed E-state index contributed by atoms with van der Waals surface area (Å²) in [5.41, 5.74) is 2.82. The van der Waals surface area contributed by atoms with Crippen molar-refractivity contribution in [3.63, 3.8) is 0 Å². The molecule has 0 aliphatic carbocycles. The van der Waals surface area contributed by atoms with Gasteiger partial charge >= 0.3 is 0 Å². The standard InChI is InChI=1S/C19H22N4O2/c1-3-23-16-10-6-4-8-14(16)22-18(23)12-21-19(24)13-20-15-9-5-7-11-17(15)25-2/h4-11,20H,3,12-13H2,1-2H3,(H,21,24). The Morgan fingerprint density at radius 3 is 2.72 bits per heavy atom. The predicted molar refractivity (Wildman–Crippen MR) is 98.7 cm³/mol. The maximum Gasteiger partial charge on any atom is 0.239 e. The van der Waals surface area contributed by atoms with Crippen molar-refractivity contribution in [3.05, 3.63) is 54.4 Å². The number of aryl methyl sites for hydroxylation is 1. The SMILES string of the molecule is CCn1c(CNC(=O)CNc2ccccc2OC)nc2ccccc21. The number of para-hydroxylation sites is 4. The third kappa shape index (κ3) is 3.74. The van der Waals surface area contributed by atoms with E-state index in [1.165, 1.54) is 0 Å². The van der Waals surface area contributed by atoms with E-state index in [9.17, 15) is 4.79 Å². The molecule has 0 unspecified atom stereocenters. The van der Waals surface area contributed by atoms with Crippen LogP contribution >= 0.6 is 0 Å². The van der Waals surface area contributed by atoms with E-state index in [0.717, 1.165) is 29.1 Å². The Morgan fingerprint density at radius 2 is 1.92 bits per heavy atom. The zero-order valence-electron chi connectivity index (χ0n) is 14.5. The molecule has 6 heteroatoms. The number of nitrogens with zero attached hydrogens (tertiary/aromatic N) is 2. The Bertz CT molecular complexity index is 873. The summed E-state index contributed by atoms with van der Waals surface area (Å²) in [6.45, 7) is 3.45. The van der Waals surface area contributed by atoms with Gasteiger partial charge in [-0.3, -0.25) is 4.79 Å². The van der Waals surface area contributed by atoms with Gasteiger partial charge in [-0.15, -0.1) is 0 Å². The minimum absolute atomic E-state index is 0.0967. The highest BCUT2D eigenvalue weighted by Gasteiger charge is 2.10. The number of imidazole rings is 1. The number of nitrogens with one attached hydrogen (secondary N) is 2. The first kappa shape index (κ1) is 16.8. The molecule has 0 saturated heterocycles. The Labute approximate surface area is 146 Å². The first-order valence-electron chi connectivity index (χ1n) is 8.30. The zero-order valence-corrected chi connectivity index (χ0v) is 14.5. The highest BCUT2D eigenvalue weighted by atomic mass is 16.5. The third-order valence-corrected chi connectivity index (χ3v) is 4.04. The zero-order chi connectivity index (χ0) is 17.6. The molecule has 2 N–H and O–H groups in total. The highest BCUT2D eigenvalue weighted by molar-refractivity contribution is 5.81.